The maximum absolute atomic E-state index is 12.4. The van der Waals surface area contributed by atoms with E-state index in [1.807, 2.05) is 0 Å². The van der Waals surface area contributed by atoms with Crippen LogP contribution >= 0.6 is 34.2 Å². The van der Waals surface area contributed by atoms with Crippen molar-refractivity contribution in [1.82, 2.24) is 4.98 Å². The molecular weight excluding hydrogens is 447 g/mol. The molecule has 0 aliphatic heterocycles. The van der Waals surface area contributed by atoms with E-state index < -0.39 is 0 Å². The summed E-state index contributed by atoms with van der Waals surface area (Å²) in [6.07, 6.45) is 1.51. The number of ether oxygens (including phenoxy) is 3. The zero-order valence-electron chi connectivity index (χ0n) is 13.1. The van der Waals surface area contributed by atoms with Gasteiger partial charge in [-0.2, -0.15) is 0 Å². The maximum atomic E-state index is 12.4. The number of hydrogen-bond acceptors (Lipinski definition) is 5. The van der Waals surface area contributed by atoms with Crippen molar-refractivity contribution in [2.24, 2.45) is 0 Å². The lowest BCUT2D eigenvalue weighted by Gasteiger charge is -2.11. The Kier molecular flexibility index (Phi) is 7.07. The molecule has 0 spiro atoms. The SMILES string of the molecule is COCCOc1ccc(NC(=O)c2cc(Cl)c(I)cc2OC)cn1. The lowest BCUT2D eigenvalue weighted by molar-refractivity contribution is 0.102. The van der Waals surface area contributed by atoms with Crippen LogP contribution in [-0.4, -0.2) is 38.3 Å². The first kappa shape index (κ1) is 18.8. The third-order valence-corrected chi connectivity index (χ3v) is 4.54. The minimum Gasteiger partial charge on any atom is -0.496 e. The first-order chi connectivity index (χ1) is 11.5. The predicted molar refractivity (Wildman–Crippen MR) is 100 cm³/mol. The molecule has 1 aromatic carbocycles. The van der Waals surface area contributed by atoms with Gasteiger partial charge in [0.05, 0.1) is 36.2 Å². The molecule has 1 N–H and O–H groups in total. The van der Waals surface area contributed by atoms with Gasteiger partial charge in [-0.1, -0.05) is 11.6 Å². The van der Waals surface area contributed by atoms with Crippen LogP contribution in [0, 0.1) is 3.57 Å². The van der Waals surface area contributed by atoms with E-state index in [0.717, 1.165) is 3.57 Å². The van der Waals surface area contributed by atoms with E-state index in [1.54, 1.807) is 31.4 Å². The largest absolute Gasteiger partial charge is 0.496 e. The van der Waals surface area contributed by atoms with Gasteiger partial charge in [0.25, 0.3) is 5.91 Å². The van der Waals surface area contributed by atoms with Crippen molar-refractivity contribution in [3.05, 3.63) is 44.6 Å². The Balaban J connectivity index is 2.08. The van der Waals surface area contributed by atoms with Crippen LogP contribution in [0.2, 0.25) is 5.02 Å². The summed E-state index contributed by atoms with van der Waals surface area (Å²) in [4.78, 5) is 16.5. The quantitative estimate of drug-likeness (QED) is 0.503. The standard InChI is InChI=1S/C16H16ClIN2O4/c1-22-5-6-24-15-4-3-10(9-19-15)20-16(21)11-7-12(17)13(18)8-14(11)23-2/h3-4,7-9H,5-6H2,1-2H3,(H,20,21). The minimum absolute atomic E-state index is 0.333. The molecule has 1 aromatic heterocycles. The van der Waals surface area contributed by atoms with Crippen molar-refractivity contribution in [3.63, 3.8) is 0 Å². The molecule has 0 atom stereocenters. The molecule has 0 fully saturated rings. The smallest absolute Gasteiger partial charge is 0.259 e. The van der Waals surface area contributed by atoms with Crippen LogP contribution in [0.1, 0.15) is 10.4 Å². The summed E-state index contributed by atoms with van der Waals surface area (Å²) >= 11 is 8.17. The van der Waals surface area contributed by atoms with Gasteiger partial charge in [-0.05, 0) is 40.8 Å². The fourth-order valence-corrected chi connectivity index (χ4v) is 2.44. The number of aromatic nitrogens is 1. The molecule has 0 bridgehead atoms. The van der Waals surface area contributed by atoms with Gasteiger partial charge in [-0.25, -0.2) is 4.98 Å². The van der Waals surface area contributed by atoms with Crippen LogP contribution in [0.15, 0.2) is 30.5 Å². The number of rotatable bonds is 7. The van der Waals surface area contributed by atoms with Crippen LogP contribution in [0.25, 0.3) is 0 Å². The summed E-state index contributed by atoms with van der Waals surface area (Å²) in [5.41, 5.74) is 0.888. The Morgan fingerprint density at radius 1 is 1.29 bits per heavy atom. The number of nitrogens with zero attached hydrogens (tertiary/aromatic N) is 1. The van der Waals surface area contributed by atoms with Crippen LogP contribution in [0.4, 0.5) is 5.69 Å². The molecule has 1 amide bonds. The molecule has 128 valence electrons. The Hall–Kier alpha value is -1.58. The summed E-state index contributed by atoms with van der Waals surface area (Å²) in [6, 6.07) is 6.66. The first-order valence-corrected chi connectivity index (χ1v) is 8.43. The monoisotopic (exact) mass is 462 g/mol. The molecule has 6 nitrogen and oxygen atoms in total. The molecule has 2 aromatic rings. The normalized spacial score (nSPS) is 10.3. The number of benzene rings is 1. The second-order valence-corrected chi connectivity index (χ2v) is 6.22. The second kappa shape index (κ2) is 9.05. The highest BCUT2D eigenvalue weighted by molar-refractivity contribution is 14.1. The summed E-state index contributed by atoms with van der Waals surface area (Å²) in [6.45, 7) is 0.890. The fourth-order valence-electron chi connectivity index (χ4n) is 1.84. The number of halogens is 2. The average Bonchev–Trinajstić information content (AvgIpc) is 2.58. The number of anilines is 1. The summed E-state index contributed by atoms with van der Waals surface area (Å²) in [5.74, 6) is 0.578. The van der Waals surface area contributed by atoms with Crippen LogP contribution in [0.3, 0.4) is 0 Å². The van der Waals surface area contributed by atoms with E-state index in [9.17, 15) is 4.79 Å². The number of amides is 1. The lowest BCUT2D eigenvalue weighted by Crippen LogP contribution is -2.14. The van der Waals surface area contributed by atoms with E-state index >= 15 is 0 Å². The van der Waals surface area contributed by atoms with Crippen LogP contribution in [0.5, 0.6) is 11.6 Å². The Bertz CT molecular complexity index is 710. The predicted octanol–water partition coefficient (Wildman–Crippen LogP) is 3.63. The third-order valence-electron chi connectivity index (χ3n) is 3.02. The van der Waals surface area contributed by atoms with Gasteiger partial charge >= 0.3 is 0 Å². The molecule has 8 heteroatoms. The van der Waals surface area contributed by atoms with Crippen LogP contribution in [-0.2, 0) is 4.74 Å². The van der Waals surface area contributed by atoms with Crippen molar-refractivity contribution in [1.29, 1.82) is 0 Å². The summed E-state index contributed by atoms with van der Waals surface area (Å²) in [5, 5.41) is 3.24. The third kappa shape index (κ3) is 4.96. The van der Waals surface area contributed by atoms with E-state index in [-0.39, 0.29) is 5.91 Å². The minimum atomic E-state index is -0.333. The van der Waals surface area contributed by atoms with Gasteiger partial charge in [-0.3, -0.25) is 4.79 Å². The number of pyridine rings is 1. The van der Waals surface area contributed by atoms with Crippen molar-refractivity contribution < 1.29 is 19.0 Å². The van der Waals surface area contributed by atoms with Crippen molar-refractivity contribution >= 4 is 45.8 Å². The average molecular weight is 463 g/mol. The zero-order chi connectivity index (χ0) is 17.5. The second-order valence-electron chi connectivity index (χ2n) is 4.65. The molecule has 1 heterocycles. The van der Waals surface area contributed by atoms with Gasteiger partial charge in [0.15, 0.2) is 0 Å². The number of hydrogen-bond donors (Lipinski definition) is 1. The van der Waals surface area contributed by atoms with Gasteiger partial charge in [0.2, 0.25) is 5.88 Å². The Morgan fingerprint density at radius 3 is 2.71 bits per heavy atom. The molecule has 2 rings (SSSR count). The molecule has 0 radical (unpaired) electrons. The van der Waals surface area contributed by atoms with Crippen LogP contribution < -0.4 is 14.8 Å². The van der Waals surface area contributed by atoms with Crippen molar-refractivity contribution in [2.45, 2.75) is 0 Å². The van der Waals surface area contributed by atoms with E-state index in [2.05, 4.69) is 32.9 Å². The molecular formula is C16H16ClIN2O4. The topological polar surface area (TPSA) is 69.7 Å². The highest BCUT2D eigenvalue weighted by Gasteiger charge is 2.15. The summed E-state index contributed by atoms with van der Waals surface area (Å²) < 4.78 is 16.3. The molecule has 0 saturated carbocycles. The number of carbonyl (C=O) groups is 1. The first-order valence-electron chi connectivity index (χ1n) is 6.97. The number of methoxy groups -OCH3 is 2. The fraction of sp³-hybridized carbons (Fsp3) is 0.250. The van der Waals surface area contributed by atoms with Gasteiger partial charge in [-0.15, -0.1) is 0 Å². The highest BCUT2D eigenvalue weighted by Crippen LogP contribution is 2.28. The van der Waals surface area contributed by atoms with Crippen molar-refractivity contribution in [3.8, 4) is 11.6 Å². The Labute approximate surface area is 158 Å². The van der Waals surface area contributed by atoms with Crippen molar-refractivity contribution in [2.75, 3.05) is 32.8 Å². The maximum Gasteiger partial charge on any atom is 0.259 e. The molecule has 24 heavy (non-hydrogen) atoms. The number of carbonyl (C=O) groups excluding carboxylic acids is 1. The molecule has 0 aliphatic carbocycles. The molecule has 0 unspecified atom stereocenters. The number of nitrogens with one attached hydrogen (secondary N) is 1. The highest BCUT2D eigenvalue weighted by atomic mass is 127. The van der Waals surface area contributed by atoms with E-state index in [4.69, 9.17) is 25.8 Å². The van der Waals surface area contributed by atoms with Gasteiger partial charge < -0.3 is 19.5 Å². The molecule has 0 aliphatic rings. The van der Waals surface area contributed by atoms with E-state index in [1.165, 1.54) is 13.3 Å². The molecule has 0 saturated heterocycles. The summed E-state index contributed by atoms with van der Waals surface area (Å²) in [7, 11) is 3.10. The van der Waals surface area contributed by atoms with Gasteiger partial charge in [0.1, 0.15) is 12.4 Å². The van der Waals surface area contributed by atoms with E-state index in [0.29, 0.717) is 41.1 Å². The van der Waals surface area contributed by atoms with Gasteiger partial charge in [0, 0.05) is 16.7 Å². The lowest BCUT2D eigenvalue weighted by atomic mass is 10.2. The zero-order valence-corrected chi connectivity index (χ0v) is 16.1. The Morgan fingerprint density at radius 2 is 2.08 bits per heavy atom.